The third-order valence-corrected chi connectivity index (χ3v) is 3.24. The van der Waals surface area contributed by atoms with E-state index in [2.05, 4.69) is 43.9 Å². The van der Waals surface area contributed by atoms with Gasteiger partial charge in [0.1, 0.15) is 5.84 Å². The molecule has 2 nitrogen and oxygen atoms in total. The summed E-state index contributed by atoms with van der Waals surface area (Å²) in [7, 11) is 0. The Kier molecular flexibility index (Phi) is 2.99. The monoisotopic (exact) mass is 216 g/mol. The molecule has 1 aliphatic heterocycles. The Balaban J connectivity index is 2.15. The van der Waals surface area contributed by atoms with E-state index in [0.29, 0.717) is 17.8 Å². The molecule has 2 rings (SSSR count). The number of hydrogen-bond donors (Lipinski definition) is 1. The van der Waals surface area contributed by atoms with Crippen LogP contribution < -0.4 is 0 Å². The summed E-state index contributed by atoms with van der Waals surface area (Å²) in [5.41, 5.74) is 2.40. The first-order valence-corrected chi connectivity index (χ1v) is 6.03. The lowest BCUT2D eigenvalue weighted by Crippen LogP contribution is -2.34. The van der Waals surface area contributed by atoms with Crippen LogP contribution in [0, 0.1) is 11.3 Å². The van der Waals surface area contributed by atoms with Crippen molar-refractivity contribution in [2.75, 3.05) is 0 Å². The van der Waals surface area contributed by atoms with Crippen molar-refractivity contribution in [1.82, 2.24) is 4.90 Å². The smallest absolute Gasteiger partial charge is 0.128 e. The minimum atomic E-state index is 0.458. The summed E-state index contributed by atoms with van der Waals surface area (Å²) < 4.78 is 0. The van der Waals surface area contributed by atoms with Gasteiger partial charge >= 0.3 is 0 Å². The van der Waals surface area contributed by atoms with E-state index < -0.39 is 0 Å². The van der Waals surface area contributed by atoms with E-state index in [9.17, 15) is 0 Å². The highest BCUT2D eigenvalue weighted by atomic mass is 15.2. The number of nitrogens with one attached hydrogen (secondary N) is 1. The molecule has 1 aliphatic rings. The van der Waals surface area contributed by atoms with Gasteiger partial charge in [-0.25, -0.2) is 0 Å². The van der Waals surface area contributed by atoms with Crippen LogP contribution in [0.3, 0.4) is 0 Å². The molecule has 0 bridgehead atoms. The predicted octanol–water partition coefficient (Wildman–Crippen LogP) is 3.26. The van der Waals surface area contributed by atoms with Crippen LogP contribution in [0.1, 0.15) is 38.3 Å². The third-order valence-electron chi connectivity index (χ3n) is 3.24. The molecule has 1 aromatic rings. The molecule has 0 saturated heterocycles. The van der Waals surface area contributed by atoms with E-state index in [1.165, 1.54) is 5.56 Å². The fourth-order valence-corrected chi connectivity index (χ4v) is 2.49. The fourth-order valence-electron chi connectivity index (χ4n) is 2.49. The lowest BCUT2D eigenvalue weighted by Gasteiger charge is -2.27. The Morgan fingerprint density at radius 3 is 2.56 bits per heavy atom. The molecule has 0 fully saturated rings. The summed E-state index contributed by atoms with van der Waals surface area (Å²) in [5.74, 6) is 1.38. The maximum Gasteiger partial charge on any atom is 0.128 e. The quantitative estimate of drug-likeness (QED) is 0.825. The highest BCUT2D eigenvalue weighted by molar-refractivity contribution is 6.00. The van der Waals surface area contributed by atoms with Crippen LogP contribution in [0.4, 0.5) is 0 Å². The average molecular weight is 216 g/mol. The van der Waals surface area contributed by atoms with Crippen LogP contribution in [0.2, 0.25) is 0 Å². The van der Waals surface area contributed by atoms with Crippen LogP contribution in [-0.2, 0) is 6.54 Å². The summed E-state index contributed by atoms with van der Waals surface area (Å²) in [6.45, 7) is 7.61. The molecule has 1 aromatic carbocycles. The molecular weight excluding hydrogens is 196 g/mol. The summed E-state index contributed by atoms with van der Waals surface area (Å²) in [6, 6.07) is 8.72. The Labute approximate surface area is 97.8 Å². The van der Waals surface area contributed by atoms with Crippen LogP contribution in [0.5, 0.6) is 0 Å². The molecular formula is C14H20N2. The molecule has 1 heterocycles. The predicted molar refractivity (Wildman–Crippen MR) is 67.7 cm³/mol. The average Bonchev–Trinajstić information content (AvgIpc) is 2.56. The molecule has 0 aromatic heterocycles. The summed E-state index contributed by atoms with van der Waals surface area (Å²) in [6.07, 6.45) is 1.15. The van der Waals surface area contributed by atoms with Crippen molar-refractivity contribution in [3.8, 4) is 0 Å². The van der Waals surface area contributed by atoms with Crippen molar-refractivity contribution >= 4 is 5.84 Å². The molecule has 0 radical (unpaired) electrons. The van der Waals surface area contributed by atoms with Gasteiger partial charge in [-0.2, -0.15) is 0 Å². The minimum Gasteiger partial charge on any atom is -0.350 e. The van der Waals surface area contributed by atoms with Gasteiger partial charge in [0.2, 0.25) is 0 Å². The maximum atomic E-state index is 8.19. The van der Waals surface area contributed by atoms with Crippen LogP contribution in [0.15, 0.2) is 24.3 Å². The van der Waals surface area contributed by atoms with Gasteiger partial charge in [0.25, 0.3) is 0 Å². The Hall–Kier alpha value is -1.31. The number of amidine groups is 1. The van der Waals surface area contributed by atoms with Crippen molar-refractivity contribution in [3.05, 3.63) is 35.4 Å². The van der Waals surface area contributed by atoms with Gasteiger partial charge in [-0.1, -0.05) is 38.1 Å². The van der Waals surface area contributed by atoms with Gasteiger partial charge in [-0.15, -0.1) is 0 Å². The summed E-state index contributed by atoms with van der Waals surface area (Å²) >= 11 is 0. The van der Waals surface area contributed by atoms with Gasteiger partial charge in [-0.05, 0) is 24.8 Å². The van der Waals surface area contributed by atoms with E-state index in [1.54, 1.807) is 0 Å². The van der Waals surface area contributed by atoms with Gasteiger partial charge in [0, 0.05) is 18.2 Å². The number of fused-ring (bicyclic) bond motifs is 1. The van der Waals surface area contributed by atoms with Crippen LogP contribution >= 0.6 is 0 Å². The molecule has 16 heavy (non-hydrogen) atoms. The van der Waals surface area contributed by atoms with Gasteiger partial charge in [-0.3, -0.25) is 5.41 Å². The zero-order chi connectivity index (χ0) is 11.7. The molecule has 1 unspecified atom stereocenters. The second kappa shape index (κ2) is 4.28. The molecule has 1 atom stereocenters. The number of benzene rings is 1. The van der Waals surface area contributed by atoms with E-state index in [4.69, 9.17) is 5.41 Å². The number of rotatable bonds is 3. The van der Waals surface area contributed by atoms with Gasteiger partial charge in [0.05, 0.1) is 0 Å². The first-order chi connectivity index (χ1) is 7.59. The highest BCUT2D eigenvalue weighted by Gasteiger charge is 2.27. The normalized spacial score (nSPS) is 16.8. The van der Waals surface area contributed by atoms with Crippen LogP contribution in [-0.4, -0.2) is 16.8 Å². The van der Waals surface area contributed by atoms with E-state index >= 15 is 0 Å². The minimum absolute atomic E-state index is 0.458. The maximum absolute atomic E-state index is 8.19. The van der Waals surface area contributed by atoms with Crippen LogP contribution in [0.25, 0.3) is 0 Å². The third kappa shape index (κ3) is 1.97. The molecule has 1 N–H and O–H groups in total. The Morgan fingerprint density at radius 2 is 1.94 bits per heavy atom. The van der Waals surface area contributed by atoms with E-state index in [-0.39, 0.29) is 0 Å². The largest absolute Gasteiger partial charge is 0.350 e. The van der Waals surface area contributed by atoms with Crippen molar-refractivity contribution in [3.63, 3.8) is 0 Å². The first kappa shape index (κ1) is 11.2. The topological polar surface area (TPSA) is 27.1 Å². The molecule has 0 spiro atoms. The van der Waals surface area contributed by atoms with Gasteiger partial charge < -0.3 is 4.90 Å². The van der Waals surface area contributed by atoms with Crippen molar-refractivity contribution in [1.29, 1.82) is 5.41 Å². The molecule has 0 amide bonds. The second-order valence-corrected chi connectivity index (χ2v) is 5.11. The van der Waals surface area contributed by atoms with Crippen molar-refractivity contribution < 1.29 is 0 Å². The zero-order valence-electron chi connectivity index (χ0n) is 10.3. The zero-order valence-corrected chi connectivity index (χ0v) is 10.3. The summed E-state index contributed by atoms with van der Waals surface area (Å²) in [4.78, 5) is 2.21. The second-order valence-electron chi connectivity index (χ2n) is 5.11. The lowest BCUT2D eigenvalue weighted by atomic mass is 10.0. The van der Waals surface area contributed by atoms with E-state index in [1.807, 2.05) is 6.07 Å². The molecule has 2 heteroatoms. The lowest BCUT2D eigenvalue weighted by molar-refractivity contribution is 0.291. The Bertz CT molecular complexity index is 395. The van der Waals surface area contributed by atoms with Crippen molar-refractivity contribution in [2.45, 2.75) is 39.8 Å². The molecule has 0 aliphatic carbocycles. The number of nitrogens with zero attached hydrogens (tertiary/aromatic N) is 1. The molecule has 86 valence electrons. The summed E-state index contributed by atoms with van der Waals surface area (Å²) in [5, 5.41) is 8.19. The first-order valence-electron chi connectivity index (χ1n) is 6.03. The van der Waals surface area contributed by atoms with Gasteiger partial charge in [0.15, 0.2) is 0 Å². The van der Waals surface area contributed by atoms with E-state index in [0.717, 1.165) is 18.5 Å². The van der Waals surface area contributed by atoms with Crippen molar-refractivity contribution in [2.24, 2.45) is 5.92 Å². The SMILES string of the molecule is CC(C)CC(C)N1Cc2ccccc2C1=N. The Morgan fingerprint density at radius 1 is 1.25 bits per heavy atom. The molecule has 0 saturated carbocycles. The number of hydrogen-bond acceptors (Lipinski definition) is 1. The highest BCUT2D eigenvalue weighted by Crippen LogP contribution is 2.26. The standard InChI is InChI=1S/C14H20N2/c1-10(2)8-11(3)16-9-12-6-4-5-7-13(12)14(16)15/h4-7,10-11,15H,8-9H2,1-3H3. The fraction of sp³-hybridized carbons (Fsp3) is 0.500.